The van der Waals surface area contributed by atoms with E-state index in [2.05, 4.69) is 101 Å². The van der Waals surface area contributed by atoms with Crippen molar-refractivity contribution in [2.45, 2.75) is 12.3 Å². The van der Waals surface area contributed by atoms with E-state index in [0.29, 0.717) is 21.9 Å². The molecule has 4 heteroatoms. The van der Waals surface area contributed by atoms with Gasteiger partial charge >= 0.3 is 0 Å². The van der Waals surface area contributed by atoms with Crippen molar-refractivity contribution in [3.63, 3.8) is 0 Å². The highest BCUT2D eigenvalue weighted by Gasteiger charge is 2.24. The van der Waals surface area contributed by atoms with E-state index in [1.165, 1.54) is 69.7 Å². The number of allylic oxidation sites excluding steroid dienone is 1. The molecule has 0 saturated carbocycles. The minimum atomic E-state index is 0.0130. The van der Waals surface area contributed by atoms with Crippen LogP contribution in [0.15, 0.2) is 137 Å². The minimum absolute atomic E-state index is 0.0130. The molecule has 47 heavy (non-hydrogen) atoms. The van der Waals surface area contributed by atoms with Crippen LogP contribution in [-0.4, -0.2) is 4.40 Å². The highest BCUT2D eigenvalue weighted by Crippen LogP contribution is 2.45. The number of benzene rings is 6. The molecule has 0 N–H and O–H groups in total. The molecule has 1 atom stereocenters. The molecule has 6 aromatic carbocycles. The first-order valence-electron chi connectivity index (χ1n) is 16.1. The summed E-state index contributed by atoms with van der Waals surface area (Å²) in [7, 11) is 0. The number of hydrogen-bond acceptors (Lipinski definition) is 3. The largest absolute Gasteiger partial charge is 0.456 e. The van der Waals surface area contributed by atoms with Gasteiger partial charge in [-0.25, -0.2) is 0 Å². The standard InChI is InChI=1S/C43H25NO2S/c45-43-31-8-2-4-13-37(31)46-38-23-26(15-18-32(38)43)27-9-6-14-40-41(27)34-22-25(17-20-39(34)47-40)24-16-19-36-33(21-24)30-11-5-10-29-28-7-1-3-12-35(28)44(36)42(29)30/h1-21,23,25H,22H2/t25-/m0/s1. The van der Waals surface area contributed by atoms with Gasteiger partial charge in [0.2, 0.25) is 5.43 Å². The van der Waals surface area contributed by atoms with Gasteiger partial charge in [0.05, 0.1) is 27.3 Å². The molecular formula is C43H25NO2S. The Morgan fingerprint density at radius 3 is 2.36 bits per heavy atom. The monoisotopic (exact) mass is 619 g/mol. The Hall–Kier alpha value is -5.71. The Bertz CT molecular complexity index is 3030. The van der Waals surface area contributed by atoms with Crippen LogP contribution in [-0.2, 0) is 6.42 Å². The van der Waals surface area contributed by atoms with Crippen molar-refractivity contribution in [3.8, 4) is 11.1 Å². The molecule has 4 heterocycles. The highest BCUT2D eigenvalue weighted by molar-refractivity contribution is 7.20. The molecular weight excluding hydrogens is 595 g/mol. The van der Waals surface area contributed by atoms with Gasteiger partial charge in [-0.1, -0.05) is 78.9 Å². The third kappa shape index (κ3) is 3.43. The summed E-state index contributed by atoms with van der Waals surface area (Å²) < 4.78 is 9.99. The number of para-hydroxylation sites is 3. The normalized spacial score (nSPS) is 14.9. The van der Waals surface area contributed by atoms with Gasteiger partial charge in [-0.3, -0.25) is 4.79 Å². The van der Waals surface area contributed by atoms with Gasteiger partial charge < -0.3 is 8.82 Å². The van der Waals surface area contributed by atoms with Gasteiger partial charge in [0.15, 0.2) is 0 Å². The number of nitrogens with zero attached hydrogens (tertiary/aromatic N) is 1. The van der Waals surface area contributed by atoms with Crippen molar-refractivity contribution in [2.24, 2.45) is 0 Å². The SMILES string of the molecule is O=c1c2ccccc2oc2cc(-c3cccc4sc5c(c34)C[C@@H](c3ccc4c(c3)c3cccc6c7ccccc7n4c63)C=C5)ccc12. The van der Waals surface area contributed by atoms with E-state index in [-0.39, 0.29) is 11.3 Å². The summed E-state index contributed by atoms with van der Waals surface area (Å²) in [5, 5.41) is 7.79. The topological polar surface area (TPSA) is 34.6 Å². The summed E-state index contributed by atoms with van der Waals surface area (Å²) in [6.07, 6.45) is 5.66. The minimum Gasteiger partial charge on any atom is -0.456 e. The summed E-state index contributed by atoms with van der Waals surface area (Å²) in [5.74, 6) is 0.274. The van der Waals surface area contributed by atoms with E-state index in [1.54, 1.807) is 0 Å². The van der Waals surface area contributed by atoms with Crippen molar-refractivity contribution in [1.82, 2.24) is 4.40 Å². The van der Waals surface area contributed by atoms with E-state index in [0.717, 1.165) is 12.0 Å². The maximum Gasteiger partial charge on any atom is 0.200 e. The van der Waals surface area contributed by atoms with E-state index in [9.17, 15) is 4.79 Å². The first-order valence-corrected chi connectivity index (χ1v) is 16.9. The van der Waals surface area contributed by atoms with Crippen LogP contribution in [0.4, 0.5) is 0 Å². The second kappa shape index (κ2) is 9.18. The maximum atomic E-state index is 13.2. The first kappa shape index (κ1) is 25.5. The molecule has 1 aliphatic rings. The molecule has 10 aromatic rings. The number of aromatic nitrogens is 1. The Balaban J connectivity index is 1.05. The van der Waals surface area contributed by atoms with E-state index >= 15 is 0 Å². The van der Waals surface area contributed by atoms with Crippen LogP contribution >= 0.6 is 11.3 Å². The molecule has 0 unspecified atom stereocenters. The Morgan fingerprint density at radius 2 is 1.43 bits per heavy atom. The quantitative estimate of drug-likeness (QED) is 0.180. The van der Waals surface area contributed by atoms with Crippen LogP contribution in [0.2, 0.25) is 0 Å². The lowest BCUT2D eigenvalue weighted by atomic mass is 9.85. The molecule has 0 aliphatic heterocycles. The van der Waals surface area contributed by atoms with Gasteiger partial charge in [-0.05, 0) is 83.3 Å². The summed E-state index contributed by atoms with van der Waals surface area (Å²) in [4.78, 5) is 14.6. The van der Waals surface area contributed by atoms with E-state index < -0.39 is 0 Å². The molecule has 0 radical (unpaired) electrons. The number of hydrogen-bond donors (Lipinski definition) is 0. The van der Waals surface area contributed by atoms with Gasteiger partial charge in [0, 0.05) is 42.4 Å². The van der Waals surface area contributed by atoms with Crippen LogP contribution in [0.25, 0.3) is 87.3 Å². The average molecular weight is 620 g/mol. The lowest BCUT2D eigenvalue weighted by molar-refractivity contribution is 0.660. The number of thiophene rings is 1. The second-order valence-electron chi connectivity index (χ2n) is 12.8. The summed E-state index contributed by atoms with van der Waals surface area (Å²) in [5.41, 5.74) is 10.1. The fourth-order valence-corrected chi connectivity index (χ4v) is 9.35. The molecule has 0 fully saturated rings. The van der Waals surface area contributed by atoms with Crippen molar-refractivity contribution < 1.29 is 4.42 Å². The summed E-state index contributed by atoms with van der Waals surface area (Å²) >= 11 is 1.86. The van der Waals surface area contributed by atoms with Crippen LogP contribution in [0.5, 0.6) is 0 Å². The fraction of sp³-hybridized carbons (Fsp3) is 0.0465. The molecule has 3 nitrogen and oxygen atoms in total. The third-order valence-electron chi connectivity index (χ3n) is 10.3. The van der Waals surface area contributed by atoms with Gasteiger partial charge in [-0.2, -0.15) is 0 Å². The van der Waals surface area contributed by atoms with Crippen molar-refractivity contribution in [3.05, 3.63) is 154 Å². The lowest BCUT2D eigenvalue weighted by Crippen LogP contribution is -2.04. The van der Waals surface area contributed by atoms with Crippen LogP contribution in [0.1, 0.15) is 21.9 Å². The number of fused-ring (bicyclic) bond motifs is 11. The molecule has 0 spiro atoms. The predicted octanol–water partition coefficient (Wildman–Crippen LogP) is 11.3. The Labute approximate surface area is 272 Å². The molecule has 0 amide bonds. The maximum absolute atomic E-state index is 13.2. The number of rotatable bonds is 2. The van der Waals surface area contributed by atoms with Gasteiger partial charge in [-0.15, -0.1) is 11.3 Å². The van der Waals surface area contributed by atoms with Crippen molar-refractivity contribution in [1.29, 1.82) is 0 Å². The second-order valence-corrected chi connectivity index (χ2v) is 13.8. The van der Waals surface area contributed by atoms with Gasteiger partial charge in [0.1, 0.15) is 11.2 Å². The zero-order valence-corrected chi connectivity index (χ0v) is 26.0. The van der Waals surface area contributed by atoms with E-state index in [1.807, 2.05) is 47.7 Å². The average Bonchev–Trinajstić information content (AvgIpc) is 3.78. The highest BCUT2D eigenvalue weighted by atomic mass is 32.1. The molecule has 11 rings (SSSR count). The third-order valence-corrected chi connectivity index (χ3v) is 11.5. The van der Waals surface area contributed by atoms with Crippen molar-refractivity contribution >= 4 is 87.5 Å². The van der Waals surface area contributed by atoms with Crippen LogP contribution < -0.4 is 5.43 Å². The molecule has 0 saturated heterocycles. The van der Waals surface area contributed by atoms with Crippen LogP contribution in [0.3, 0.4) is 0 Å². The zero-order valence-electron chi connectivity index (χ0n) is 25.2. The summed E-state index contributed by atoms with van der Waals surface area (Å²) in [6, 6.07) is 42.6. The summed E-state index contributed by atoms with van der Waals surface area (Å²) in [6.45, 7) is 0. The van der Waals surface area contributed by atoms with Gasteiger partial charge in [0.25, 0.3) is 0 Å². The Kier molecular flexibility index (Phi) is 4.98. The van der Waals surface area contributed by atoms with Crippen LogP contribution in [0, 0.1) is 0 Å². The zero-order chi connectivity index (χ0) is 30.8. The smallest absolute Gasteiger partial charge is 0.200 e. The Morgan fingerprint density at radius 1 is 0.660 bits per heavy atom. The van der Waals surface area contributed by atoms with Crippen molar-refractivity contribution in [2.75, 3.05) is 0 Å². The fourth-order valence-electron chi connectivity index (χ4n) is 8.18. The predicted molar refractivity (Wildman–Crippen MR) is 197 cm³/mol. The molecule has 4 aromatic heterocycles. The lowest BCUT2D eigenvalue weighted by Gasteiger charge is -2.19. The molecule has 0 bridgehead atoms. The first-order chi connectivity index (χ1) is 23.2. The van der Waals surface area contributed by atoms with E-state index in [4.69, 9.17) is 4.42 Å². The molecule has 220 valence electrons. The molecule has 1 aliphatic carbocycles.